The molecular weight excluding hydrogens is 165 g/mol. The fraction of sp³-hybridized carbons (Fsp3) is 0. The van der Waals surface area contributed by atoms with Crippen molar-refractivity contribution in [1.29, 1.82) is 0 Å². The van der Waals surface area contributed by atoms with Crippen LogP contribution in [0.25, 0.3) is 0 Å². The van der Waals surface area contributed by atoms with Crippen molar-refractivity contribution in [2.24, 2.45) is 0 Å². The van der Waals surface area contributed by atoms with Gasteiger partial charge < -0.3 is 0 Å². The van der Waals surface area contributed by atoms with Gasteiger partial charge in [0.1, 0.15) is 0 Å². The Balaban J connectivity index is 0.000000810. The fourth-order valence-electron chi connectivity index (χ4n) is 0.382. The summed E-state index contributed by atoms with van der Waals surface area (Å²) in [7, 11) is 0. The number of rotatable bonds is 1. The van der Waals surface area contributed by atoms with E-state index >= 15 is 0 Å². The maximum Gasteiger partial charge on any atom is 0.276 e. The van der Waals surface area contributed by atoms with Crippen molar-refractivity contribution < 1.29 is 35.8 Å². The van der Waals surface area contributed by atoms with Gasteiger partial charge >= 0.3 is 0 Å². The molecular formula is C5H2N2O2Sc. The van der Waals surface area contributed by atoms with Crippen molar-refractivity contribution in [2.75, 3.05) is 0 Å². The third kappa shape index (κ3) is 2.23. The first kappa shape index (κ1) is 9.24. The van der Waals surface area contributed by atoms with E-state index in [1.165, 1.54) is 12.1 Å². The van der Waals surface area contributed by atoms with E-state index in [0.29, 0.717) is 0 Å². The van der Waals surface area contributed by atoms with Gasteiger partial charge in [0, 0.05) is 30.8 Å². The van der Waals surface area contributed by atoms with Gasteiger partial charge in [0.2, 0.25) is 6.20 Å². The summed E-state index contributed by atoms with van der Waals surface area (Å²) in [4.78, 5) is 12.7. The van der Waals surface area contributed by atoms with E-state index in [0.717, 1.165) is 0 Å². The second-order valence-electron chi connectivity index (χ2n) is 1.33. The van der Waals surface area contributed by atoms with Crippen LogP contribution in [0.3, 0.4) is 0 Å². The standard InChI is InChI=1S/C5H2N2O2.Sc/c8-7(9)5-2-1-3-6-4-5;/h1-2H;. The molecule has 1 aromatic rings. The Bertz CT molecular complexity index is 214. The van der Waals surface area contributed by atoms with Crippen LogP contribution in [0.2, 0.25) is 0 Å². The largest absolute Gasteiger partial charge is 0.276 e. The molecule has 0 bridgehead atoms. The molecule has 0 saturated carbocycles. The second kappa shape index (κ2) is 4.12. The predicted molar refractivity (Wildman–Crippen MR) is 26.4 cm³/mol. The van der Waals surface area contributed by atoms with Crippen LogP contribution < -0.4 is 4.98 Å². The maximum absolute atomic E-state index is 9.92. The Labute approximate surface area is 76.2 Å². The van der Waals surface area contributed by atoms with E-state index in [1.54, 1.807) is 0 Å². The molecule has 4 nitrogen and oxygen atoms in total. The molecule has 1 aromatic heterocycles. The molecule has 0 aliphatic rings. The number of nitro groups is 1. The van der Waals surface area contributed by atoms with Gasteiger partial charge in [-0.3, -0.25) is 10.1 Å². The molecule has 47 valence electrons. The van der Waals surface area contributed by atoms with E-state index < -0.39 is 4.92 Å². The van der Waals surface area contributed by atoms with E-state index in [2.05, 4.69) is 17.4 Å². The molecule has 0 N–H and O–H groups in total. The Hall–Kier alpha value is -0.760. The summed E-state index contributed by atoms with van der Waals surface area (Å²) in [6.45, 7) is 0. The first-order chi connectivity index (χ1) is 4.30. The van der Waals surface area contributed by atoms with E-state index in [1.807, 2.05) is 0 Å². The van der Waals surface area contributed by atoms with E-state index in [-0.39, 0.29) is 31.5 Å². The third-order valence-electron chi connectivity index (χ3n) is 0.747. The van der Waals surface area contributed by atoms with Crippen LogP contribution in [0.5, 0.6) is 0 Å². The Morgan fingerprint density at radius 2 is 2.50 bits per heavy atom. The average molecular weight is 167 g/mol. The van der Waals surface area contributed by atoms with Crippen molar-refractivity contribution in [1.82, 2.24) is 0 Å². The summed E-state index contributed by atoms with van der Waals surface area (Å²) in [5.41, 5.74) is -0.131. The van der Waals surface area contributed by atoms with Gasteiger partial charge in [-0.05, 0) is 0 Å². The summed E-state index contributed by atoms with van der Waals surface area (Å²) in [6, 6.07) is 2.65. The van der Waals surface area contributed by atoms with Crippen LogP contribution in [-0.2, 0) is 25.8 Å². The zero-order chi connectivity index (χ0) is 6.69. The van der Waals surface area contributed by atoms with Crippen LogP contribution >= 0.6 is 0 Å². The van der Waals surface area contributed by atoms with Gasteiger partial charge in [-0.2, -0.15) is 4.98 Å². The van der Waals surface area contributed by atoms with Gasteiger partial charge in [0.25, 0.3) is 11.9 Å². The summed E-state index contributed by atoms with van der Waals surface area (Å²) >= 11 is 0. The summed E-state index contributed by atoms with van der Waals surface area (Å²) < 4.78 is 0. The van der Waals surface area contributed by atoms with Gasteiger partial charge in [-0.25, -0.2) is 0 Å². The van der Waals surface area contributed by atoms with Gasteiger partial charge in [0.05, 0.1) is 0 Å². The van der Waals surface area contributed by atoms with E-state index in [9.17, 15) is 10.1 Å². The maximum atomic E-state index is 9.92. The normalized spacial score (nSPS) is 7.20. The fourth-order valence-corrected chi connectivity index (χ4v) is 0.382. The van der Waals surface area contributed by atoms with Gasteiger partial charge in [-0.15, -0.1) is 0 Å². The average Bonchev–Trinajstić information content (AvgIpc) is 1.90. The first-order valence-corrected chi connectivity index (χ1v) is 2.20. The second-order valence-corrected chi connectivity index (χ2v) is 1.33. The molecule has 0 aliphatic heterocycles. The van der Waals surface area contributed by atoms with Crippen LogP contribution in [0, 0.1) is 22.5 Å². The van der Waals surface area contributed by atoms with Crippen LogP contribution in [0.15, 0.2) is 12.1 Å². The predicted octanol–water partition coefficient (Wildman–Crippen LogP) is -0.207. The first-order valence-electron chi connectivity index (χ1n) is 2.20. The molecule has 0 spiro atoms. The summed E-state index contributed by atoms with van der Waals surface area (Å²) in [5.74, 6) is 0. The van der Waals surface area contributed by atoms with Crippen LogP contribution in [0.4, 0.5) is 5.69 Å². The van der Waals surface area contributed by atoms with Crippen molar-refractivity contribution in [2.45, 2.75) is 0 Å². The number of hydrogen-bond acceptors (Lipinski definition) is 2. The zero-order valence-electron chi connectivity index (χ0n) is 4.94. The molecule has 1 rings (SSSR count). The minimum absolute atomic E-state index is 0. The summed E-state index contributed by atoms with van der Waals surface area (Å²) in [6.07, 6.45) is 4.54. The van der Waals surface area contributed by atoms with Crippen molar-refractivity contribution >= 4 is 5.69 Å². The minimum atomic E-state index is -0.555. The number of nitrogens with zero attached hydrogens (tertiary/aromatic N) is 2. The molecule has 0 unspecified atom stereocenters. The number of aromatic nitrogens is 1. The third-order valence-corrected chi connectivity index (χ3v) is 0.747. The topological polar surface area (TPSA) is 57.2 Å². The molecule has 0 saturated heterocycles. The molecule has 1 heterocycles. The van der Waals surface area contributed by atoms with Crippen molar-refractivity contribution in [3.8, 4) is 0 Å². The van der Waals surface area contributed by atoms with E-state index in [4.69, 9.17) is 0 Å². The minimum Gasteiger partial charge on any atom is -0.260 e. The molecule has 0 aromatic carbocycles. The molecule has 5 heteroatoms. The molecule has 0 amide bonds. The molecule has 0 aliphatic carbocycles. The molecule has 0 atom stereocenters. The van der Waals surface area contributed by atoms with Crippen LogP contribution in [-0.4, -0.2) is 4.92 Å². The Kier molecular flexibility index (Phi) is 3.81. The van der Waals surface area contributed by atoms with Crippen molar-refractivity contribution in [3.05, 3.63) is 34.6 Å². The molecule has 0 fully saturated rings. The quantitative estimate of drug-likeness (QED) is 0.330. The monoisotopic (exact) mass is 167 g/mol. The zero-order valence-corrected chi connectivity index (χ0v) is 6.75. The molecule has 1 radical (unpaired) electrons. The molecule has 10 heavy (non-hydrogen) atoms. The Morgan fingerprint density at radius 1 is 1.80 bits per heavy atom. The van der Waals surface area contributed by atoms with Crippen molar-refractivity contribution in [3.63, 3.8) is 0 Å². The Morgan fingerprint density at radius 3 is 2.80 bits per heavy atom. The smallest absolute Gasteiger partial charge is 0.260 e. The SMILES string of the molecule is O=[N+]([O-])c1c#[n+][c-]cc1.[Sc]. The number of hydrogen-bond donors (Lipinski definition) is 0. The summed E-state index contributed by atoms with van der Waals surface area (Å²) in [5, 5.41) is 9.92. The van der Waals surface area contributed by atoms with Gasteiger partial charge in [0.15, 0.2) is 0 Å². The van der Waals surface area contributed by atoms with Gasteiger partial charge in [-0.1, -0.05) is 12.1 Å². The van der Waals surface area contributed by atoms with Crippen LogP contribution in [0.1, 0.15) is 0 Å².